The molecule has 8 heteroatoms. The van der Waals surface area contributed by atoms with E-state index in [1.54, 1.807) is 35.5 Å². The van der Waals surface area contributed by atoms with Gasteiger partial charge in [0.15, 0.2) is 5.13 Å². The van der Waals surface area contributed by atoms with Gasteiger partial charge in [0.2, 0.25) is 0 Å². The fraction of sp³-hybridized carbons (Fsp3) is 0.0526. The highest BCUT2D eigenvalue weighted by Crippen LogP contribution is 2.28. The summed E-state index contributed by atoms with van der Waals surface area (Å²) in [7, 11) is 0. The molecule has 3 heterocycles. The van der Waals surface area contributed by atoms with Gasteiger partial charge in [-0.1, -0.05) is 12.1 Å². The number of pyridine rings is 1. The maximum Gasteiger partial charge on any atom is 0.258 e. The van der Waals surface area contributed by atoms with Crippen LogP contribution in [0.1, 0.15) is 16.1 Å². The Hall–Kier alpha value is -2.55. The van der Waals surface area contributed by atoms with Crippen molar-refractivity contribution in [3.8, 4) is 11.3 Å². The van der Waals surface area contributed by atoms with Gasteiger partial charge in [-0.25, -0.2) is 9.97 Å². The summed E-state index contributed by atoms with van der Waals surface area (Å²) < 4.78 is 0. The number of thioether (sulfide) groups is 1. The Morgan fingerprint density at radius 2 is 2.07 bits per heavy atom. The predicted molar refractivity (Wildman–Crippen MR) is 111 cm³/mol. The van der Waals surface area contributed by atoms with Gasteiger partial charge in [0.25, 0.3) is 5.91 Å². The lowest BCUT2D eigenvalue weighted by Crippen LogP contribution is -2.12. The standard InChI is InChI=1S/C19H14N4OS3/c24-18(23-19-22-16(11-27-19)13-4-3-7-20-8-13)15-5-1-2-6-17(15)26-10-14-9-25-12-21-14/h1-9,11-12H,10H2,(H,22,23,24). The number of thiazole rings is 2. The lowest BCUT2D eigenvalue weighted by atomic mass is 10.2. The summed E-state index contributed by atoms with van der Waals surface area (Å²) in [6.07, 6.45) is 3.48. The second-order valence-corrected chi connectivity index (χ2v) is 8.09. The quantitative estimate of drug-likeness (QED) is 0.442. The van der Waals surface area contributed by atoms with Crippen LogP contribution in [0.5, 0.6) is 0 Å². The fourth-order valence-corrected chi connectivity index (χ4v) is 4.71. The van der Waals surface area contributed by atoms with E-state index in [1.807, 2.05) is 52.7 Å². The van der Waals surface area contributed by atoms with Crippen molar-refractivity contribution < 1.29 is 4.79 Å². The molecule has 134 valence electrons. The highest BCUT2D eigenvalue weighted by Gasteiger charge is 2.14. The molecule has 1 amide bonds. The Morgan fingerprint density at radius 3 is 2.89 bits per heavy atom. The largest absolute Gasteiger partial charge is 0.298 e. The Bertz CT molecular complexity index is 1030. The summed E-state index contributed by atoms with van der Waals surface area (Å²) in [4.78, 5) is 26.6. The molecule has 0 saturated heterocycles. The molecule has 0 fully saturated rings. The number of aromatic nitrogens is 3. The van der Waals surface area contributed by atoms with E-state index in [2.05, 4.69) is 20.3 Å². The van der Waals surface area contributed by atoms with E-state index >= 15 is 0 Å². The first-order chi connectivity index (χ1) is 13.3. The second kappa shape index (κ2) is 8.43. The van der Waals surface area contributed by atoms with Gasteiger partial charge in [0.1, 0.15) is 0 Å². The number of benzene rings is 1. The van der Waals surface area contributed by atoms with E-state index in [0.29, 0.717) is 10.7 Å². The van der Waals surface area contributed by atoms with E-state index in [0.717, 1.165) is 27.6 Å². The topological polar surface area (TPSA) is 67.8 Å². The molecule has 0 aliphatic rings. The van der Waals surface area contributed by atoms with E-state index < -0.39 is 0 Å². The predicted octanol–water partition coefficient (Wildman–Crippen LogP) is 5.21. The van der Waals surface area contributed by atoms with Crippen molar-refractivity contribution in [1.29, 1.82) is 0 Å². The molecule has 1 N–H and O–H groups in total. The van der Waals surface area contributed by atoms with Gasteiger partial charge in [-0.15, -0.1) is 34.4 Å². The summed E-state index contributed by atoms with van der Waals surface area (Å²) >= 11 is 4.57. The van der Waals surface area contributed by atoms with Crippen LogP contribution in [0, 0.1) is 0 Å². The monoisotopic (exact) mass is 410 g/mol. The van der Waals surface area contributed by atoms with Crippen molar-refractivity contribution in [1.82, 2.24) is 15.0 Å². The van der Waals surface area contributed by atoms with Crippen molar-refractivity contribution in [2.24, 2.45) is 0 Å². The molecule has 0 unspecified atom stereocenters. The van der Waals surface area contributed by atoms with Crippen LogP contribution in [0.25, 0.3) is 11.3 Å². The van der Waals surface area contributed by atoms with Crippen molar-refractivity contribution in [3.05, 3.63) is 76.3 Å². The van der Waals surface area contributed by atoms with Crippen LogP contribution in [0.2, 0.25) is 0 Å². The van der Waals surface area contributed by atoms with Crippen molar-refractivity contribution >= 4 is 45.5 Å². The summed E-state index contributed by atoms with van der Waals surface area (Å²) in [6.45, 7) is 0. The van der Waals surface area contributed by atoms with Gasteiger partial charge in [0.05, 0.1) is 22.5 Å². The average molecular weight is 411 g/mol. The summed E-state index contributed by atoms with van der Waals surface area (Å²) in [5.41, 5.74) is 5.19. The highest BCUT2D eigenvalue weighted by atomic mass is 32.2. The first-order valence-corrected chi connectivity index (χ1v) is 10.9. The van der Waals surface area contributed by atoms with Gasteiger partial charge >= 0.3 is 0 Å². The molecule has 0 bridgehead atoms. The van der Waals surface area contributed by atoms with Gasteiger partial charge in [0, 0.05) is 39.4 Å². The molecule has 5 nitrogen and oxygen atoms in total. The van der Waals surface area contributed by atoms with E-state index in [9.17, 15) is 4.79 Å². The number of nitrogens with zero attached hydrogens (tertiary/aromatic N) is 3. The zero-order valence-corrected chi connectivity index (χ0v) is 16.5. The Labute approximate surface area is 168 Å². The van der Waals surface area contributed by atoms with Gasteiger partial charge in [-0.2, -0.15) is 0 Å². The van der Waals surface area contributed by atoms with Crippen LogP contribution < -0.4 is 5.32 Å². The van der Waals surface area contributed by atoms with Crippen LogP contribution in [0.4, 0.5) is 5.13 Å². The molecular formula is C19H14N4OS3. The molecule has 27 heavy (non-hydrogen) atoms. The third kappa shape index (κ3) is 4.41. The highest BCUT2D eigenvalue weighted by molar-refractivity contribution is 7.98. The fourth-order valence-electron chi connectivity index (χ4n) is 2.38. The molecule has 4 aromatic rings. The van der Waals surface area contributed by atoms with Crippen LogP contribution >= 0.6 is 34.4 Å². The average Bonchev–Trinajstić information content (AvgIpc) is 3.39. The Kier molecular flexibility index (Phi) is 5.57. The van der Waals surface area contributed by atoms with E-state index in [1.165, 1.54) is 11.3 Å². The zero-order valence-electron chi connectivity index (χ0n) is 14.0. The summed E-state index contributed by atoms with van der Waals surface area (Å²) in [5.74, 6) is 0.569. The maximum absolute atomic E-state index is 12.8. The second-order valence-electron chi connectivity index (χ2n) is 5.50. The van der Waals surface area contributed by atoms with Crippen molar-refractivity contribution in [2.45, 2.75) is 10.6 Å². The van der Waals surface area contributed by atoms with Gasteiger partial charge < -0.3 is 0 Å². The molecule has 0 aliphatic heterocycles. The SMILES string of the molecule is O=C(Nc1nc(-c2cccnc2)cs1)c1ccccc1SCc1cscn1. The van der Waals surface area contributed by atoms with Crippen molar-refractivity contribution in [2.75, 3.05) is 5.32 Å². The minimum absolute atomic E-state index is 0.163. The minimum Gasteiger partial charge on any atom is -0.298 e. The van der Waals surface area contributed by atoms with Crippen LogP contribution in [-0.2, 0) is 5.75 Å². The first kappa shape index (κ1) is 17.8. The molecule has 0 atom stereocenters. The lowest BCUT2D eigenvalue weighted by Gasteiger charge is -2.08. The Balaban J connectivity index is 1.48. The molecule has 3 aromatic heterocycles. The molecule has 0 radical (unpaired) electrons. The molecule has 0 aliphatic carbocycles. The number of anilines is 1. The van der Waals surface area contributed by atoms with Gasteiger partial charge in [-0.05, 0) is 24.3 Å². The molecule has 4 rings (SSSR count). The molecule has 0 saturated carbocycles. The normalized spacial score (nSPS) is 10.7. The molecule has 0 spiro atoms. The smallest absolute Gasteiger partial charge is 0.258 e. The van der Waals surface area contributed by atoms with Crippen LogP contribution in [-0.4, -0.2) is 20.9 Å². The zero-order chi connectivity index (χ0) is 18.5. The van der Waals surface area contributed by atoms with E-state index in [-0.39, 0.29) is 5.91 Å². The van der Waals surface area contributed by atoms with Gasteiger partial charge in [-0.3, -0.25) is 15.1 Å². The number of carbonyl (C=O) groups excluding carboxylic acids is 1. The summed E-state index contributed by atoms with van der Waals surface area (Å²) in [6, 6.07) is 11.4. The number of carbonyl (C=O) groups is 1. The van der Waals surface area contributed by atoms with Crippen LogP contribution in [0.15, 0.2) is 70.0 Å². The maximum atomic E-state index is 12.8. The Morgan fingerprint density at radius 1 is 1.15 bits per heavy atom. The lowest BCUT2D eigenvalue weighted by molar-refractivity contribution is 0.102. The van der Waals surface area contributed by atoms with Crippen molar-refractivity contribution in [3.63, 3.8) is 0 Å². The number of amides is 1. The number of nitrogens with one attached hydrogen (secondary N) is 1. The molecular weight excluding hydrogens is 396 g/mol. The minimum atomic E-state index is -0.163. The number of hydrogen-bond acceptors (Lipinski definition) is 7. The summed E-state index contributed by atoms with van der Waals surface area (Å²) in [5, 5.41) is 7.40. The number of rotatable bonds is 6. The van der Waals surface area contributed by atoms with E-state index in [4.69, 9.17) is 0 Å². The number of hydrogen-bond donors (Lipinski definition) is 1. The first-order valence-electron chi connectivity index (χ1n) is 8.06. The van der Waals surface area contributed by atoms with Crippen LogP contribution in [0.3, 0.4) is 0 Å². The molecule has 1 aromatic carbocycles. The third-order valence-corrected chi connectivity index (χ3v) is 6.17. The third-order valence-electron chi connectivity index (χ3n) is 3.67.